The van der Waals surface area contributed by atoms with Crippen LogP contribution in [0, 0.1) is 11.3 Å². The molecule has 0 bridgehead atoms. The zero-order valence-electron chi connectivity index (χ0n) is 9.10. The van der Waals surface area contributed by atoms with Crippen molar-refractivity contribution in [2.24, 2.45) is 0 Å². The van der Waals surface area contributed by atoms with E-state index in [1.165, 1.54) is 0 Å². The fourth-order valence-electron chi connectivity index (χ4n) is 1.99. The molecule has 0 saturated heterocycles. The standard InChI is InChI=1S/C13H12N2O/c1-9(7-8-14)15-10(2)11-5-3-4-6-12(11)13(15)16/h3-6,9H,2,7H2,1H3. The van der Waals surface area contributed by atoms with E-state index < -0.39 is 0 Å². The molecule has 1 aromatic rings. The number of nitriles is 1. The maximum atomic E-state index is 12.1. The minimum absolute atomic E-state index is 0.0525. The van der Waals surface area contributed by atoms with Gasteiger partial charge in [0.15, 0.2) is 0 Å². The Balaban J connectivity index is 2.39. The molecule has 80 valence electrons. The number of rotatable bonds is 2. The van der Waals surface area contributed by atoms with Crippen molar-refractivity contribution in [1.29, 1.82) is 5.26 Å². The predicted octanol–water partition coefficient (Wildman–Crippen LogP) is 2.42. The number of hydrogen-bond donors (Lipinski definition) is 0. The average molecular weight is 212 g/mol. The third-order valence-corrected chi connectivity index (χ3v) is 2.81. The monoisotopic (exact) mass is 212 g/mol. The van der Waals surface area contributed by atoms with Crippen molar-refractivity contribution < 1.29 is 4.79 Å². The van der Waals surface area contributed by atoms with Gasteiger partial charge in [-0.2, -0.15) is 5.26 Å². The summed E-state index contributed by atoms with van der Waals surface area (Å²) in [4.78, 5) is 13.7. The highest BCUT2D eigenvalue weighted by Gasteiger charge is 2.33. The van der Waals surface area contributed by atoms with Gasteiger partial charge in [-0.3, -0.25) is 4.79 Å². The van der Waals surface area contributed by atoms with Gasteiger partial charge in [0, 0.05) is 22.9 Å². The summed E-state index contributed by atoms with van der Waals surface area (Å²) in [6.07, 6.45) is 0.318. The number of carbonyl (C=O) groups excluding carboxylic acids is 1. The third kappa shape index (κ3) is 1.40. The van der Waals surface area contributed by atoms with Gasteiger partial charge in [0.2, 0.25) is 0 Å². The van der Waals surface area contributed by atoms with Crippen LogP contribution in [0.25, 0.3) is 5.70 Å². The van der Waals surface area contributed by atoms with Gasteiger partial charge in [0.1, 0.15) is 0 Å². The fraction of sp³-hybridized carbons (Fsp3) is 0.231. The van der Waals surface area contributed by atoms with E-state index in [1.54, 1.807) is 11.0 Å². The van der Waals surface area contributed by atoms with Crippen molar-refractivity contribution in [1.82, 2.24) is 4.90 Å². The highest BCUT2D eigenvalue weighted by molar-refractivity contribution is 6.09. The first-order valence-electron chi connectivity index (χ1n) is 5.15. The summed E-state index contributed by atoms with van der Waals surface area (Å²) >= 11 is 0. The second-order valence-corrected chi connectivity index (χ2v) is 3.88. The highest BCUT2D eigenvalue weighted by Crippen LogP contribution is 2.33. The Morgan fingerprint density at radius 2 is 2.06 bits per heavy atom. The smallest absolute Gasteiger partial charge is 0.259 e. The summed E-state index contributed by atoms with van der Waals surface area (Å²) in [5, 5.41) is 8.67. The van der Waals surface area contributed by atoms with Gasteiger partial charge in [-0.25, -0.2) is 0 Å². The van der Waals surface area contributed by atoms with Crippen molar-refractivity contribution in [2.75, 3.05) is 0 Å². The molecule has 1 atom stereocenters. The van der Waals surface area contributed by atoms with Crippen LogP contribution in [0.15, 0.2) is 30.8 Å². The molecule has 2 rings (SSSR count). The van der Waals surface area contributed by atoms with Crippen LogP contribution in [-0.4, -0.2) is 16.8 Å². The van der Waals surface area contributed by atoms with Crippen LogP contribution in [0.3, 0.4) is 0 Å². The molecular weight excluding hydrogens is 200 g/mol. The average Bonchev–Trinajstić information content (AvgIpc) is 2.53. The summed E-state index contributed by atoms with van der Waals surface area (Å²) in [5.41, 5.74) is 2.25. The van der Waals surface area contributed by atoms with Crippen molar-refractivity contribution in [3.8, 4) is 6.07 Å². The molecule has 0 fully saturated rings. The SMILES string of the molecule is C=C1c2ccccc2C(=O)N1C(C)CC#N. The zero-order valence-corrected chi connectivity index (χ0v) is 9.10. The first-order valence-corrected chi connectivity index (χ1v) is 5.15. The molecule has 16 heavy (non-hydrogen) atoms. The van der Waals surface area contributed by atoms with E-state index in [4.69, 9.17) is 5.26 Å². The first kappa shape index (κ1) is 10.4. The van der Waals surface area contributed by atoms with E-state index in [0.717, 1.165) is 5.56 Å². The van der Waals surface area contributed by atoms with E-state index in [-0.39, 0.29) is 11.9 Å². The largest absolute Gasteiger partial charge is 0.305 e. The number of fused-ring (bicyclic) bond motifs is 1. The minimum atomic E-state index is -0.127. The van der Waals surface area contributed by atoms with Crippen LogP contribution < -0.4 is 0 Å². The number of hydrogen-bond acceptors (Lipinski definition) is 2. The molecule has 0 N–H and O–H groups in total. The second kappa shape index (κ2) is 3.82. The van der Waals surface area contributed by atoms with E-state index in [9.17, 15) is 4.79 Å². The van der Waals surface area contributed by atoms with Gasteiger partial charge in [-0.15, -0.1) is 0 Å². The van der Waals surface area contributed by atoms with E-state index >= 15 is 0 Å². The Hall–Kier alpha value is -2.08. The molecule has 0 spiro atoms. The molecule has 1 aromatic carbocycles. The normalized spacial score (nSPS) is 15.9. The van der Waals surface area contributed by atoms with Crippen LogP contribution in [0.1, 0.15) is 29.3 Å². The molecule has 1 amide bonds. The number of benzene rings is 1. The van der Waals surface area contributed by atoms with Crippen LogP contribution in [-0.2, 0) is 0 Å². The number of nitrogens with zero attached hydrogens (tertiary/aromatic N) is 2. The summed E-state index contributed by atoms with van der Waals surface area (Å²) in [7, 11) is 0. The molecule has 0 aromatic heterocycles. The van der Waals surface area contributed by atoms with Crippen molar-refractivity contribution in [3.05, 3.63) is 42.0 Å². The number of carbonyl (C=O) groups is 1. The molecule has 1 aliphatic heterocycles. The Labute approximate surface area is 94.6 Å². The van der Waals surface area contributed by atoms with Crippen LogP contribution in [0.5, 0.6) is 0 Å². The predicted molar refractivity (Wildman–Crippen MR) is 61.3 cm³/mol. The van der Waals surface area contributed by atoms with E-state index in [0.29, 0.717) is 17.7 Å². The van der Waals surface area contributed by atoms with Gasteiger partial charge >= 0.3 is 0 Å². The maximum Gasteiger partial charge on any atom is 0.259 e. The van der Waals surface area contributed by atoms with Crippen molar-refractivity contribution in [3.63, 3.8) is 0 Å². The summed E-state index contributed by atoms with van der Waals surface area (Å²) in [6, 6.07) is 9.35. The molecule has 1 aliphatic rings. The topological polar surface area (TPSA) is 44.1 Å². The molecule has 3 heteroatoms. The van der Waals surface area contributed by atoms with Crippen LogP contribution >= 0.6 is 0 Å². The molecule has 3 nitrogen and oxygen atoms in total. The maximum absolute atomic E-state index is 12.1. The molecule has 0 radical (unpaired) electrons. The van der Waals surface area contributed by atoms with Gasteiger partial charge in [-0.1, -0.05) is 24.8 Å². The van der Waals surface area contributed by atoms with E-state index in [1.807, 2.05) is 25.1 Å². The lowest BCUT2D eigenvalue weighted by atomic mass is 10.1. The Morgan fingerprint density at radius 3 is 2.62 bits per heavy atom. The summed E-state index contributed by atoms with van der Waals surface area (Å²) < 4.78 is 0. The Morgan fingerprint density at radius 1 is 1.44 bits per heavy atom. The molecular formula is C13H12N2O. The second-order valence-electron chi connectivity index (χ2n) is 3.88. The van der Waals surface area contributed by atoms with Crippen molar-refractivity contribution in [2.45, 2.75) is 19.4 Å². The lowest BCUT2D eigenvalue weighted by Gasteiger charge is -2.23. The first-order chi connectivity index (χ1) is 7.66. The summed E-state index contributed by atoms with van der Waals surface area (Å²) in [6.45, 7) is 5.79. The molecule has 1 unspecified atom stereocenters. The highest BCUT2D eigenvalue weighted by atomic mass is 16.2. The van der Waals surface area contributed by atoms with Gasteiger partial charge in [0.05, 0.1) is 12.5 Å². The van der Waals surface area contributed by atoms with Gasteiger partial charge in [-0.05, 0) is 13.0 Å². The molecule has 1 heterocycles. The third-order valence-electron chi connectivity index (χ3n) is 2.81. The minimum Gasteiger partial charge on any atom is -0.305 e. The van der Waals surface area contributed by atoms with Crippen LogP contribution in [0.2, 0.25) is 0 Å². The van der Waals surface area contributed by atoms with E-state index in [2.05, 4.69) is 12.6 Å². The lowest BCUT2D eigenvalue weighted by Crippen LogP contribution is -2.31. The summed E-state index contributed by atoms with van der Waals surface area (Å²) in [5.74, 6) is -0.0525. The Bertz CT molecular complexity index is 464. The zero-order chi connectivity index (χ0) is 11.7. The van der Waals surface area contributed by atoms with Crippen LogP contribution in [0.4, 0.5) is 0 Å². The quantitative estimate of drug-likeness (QED) is 0.755. The Kier molecular flexibility index (Phi) is 2.49. The van der Waals surface area contributed by atoms with Gasteiger partial charge in [0.25, 0.3) is 5.91 Å². The lowest BCUT2D eigenvalue weighted by molar-refractivity contribution is 0.0815. The molecule has 0 aliphatic carbocycles. The molecule has 0 saturated carbocycles. The van der Waals surface area contributed by atoms with Crippen molar-refractivity contribution >= 4 is 11.6 Å². The number of amides is 1. The fourth-order valence-corrected chi connectivity index (χ4v) is 1.99. The van der Waals surface area contributed by atoms with Gasteiger partial charge < -0.3 is 4.90 Å².